The second kappa shape index (κ2) is 9.82. The molecule has 1 amide bonds. The van der Waals surface area contributed by atoms with E-state index in [-0.39, 0.29) is 17.6 Å². The lowest BCUT2D eigenvalue weighted by Gasteiger charge is -2.46. The summed E-state index contributed by atoms with van der Waals surface area (Å²) < 4.78 is 42.0. The number of amides is 1. The first-order valence-corrected chi connectivity index (χ1v) is 10.9. The molecule has 3 heterocycles. The monoisotopic (exact) mass is 472 g/mol. The molecule has 2 N–H and O–H groups in total. The van der Waals surface area contributed by atoms with Gasteiger partial charge in [-0.1, -0.05) is 29.6 Å². The molecule has 0 saturated carbocycles. The van der Waals surface area contributed by atoms with Gasteiger partial charge in [-0.25, -0.2) is 4.79 Å². The Hall–Kier alpha value is -2.73. The summed E-state index contributed by atoms with van der Waals surface area (Å²) >= 11 is 1.19. The SMILES string of the molecule is CCN1CCC2(CC1)CC(NC(=O)c1csnn1)c1ccccc1O2.O=C(O)C(F)(F)F. The second-order valence-electron chi connectivity index (χ2n) is 7.58. The Balaban J connectivity index is 0.000000360. The lowest BCUT2D eigenvalue weighted by molar-refractivity contribution is -0.192. The van der Waals surface area contributed by atoms with E-state index in [2.05, 4.69) is 26.7 Å². The zero-order chi connectivity index (χ0) is 23.4. The number of aliphatic carboxylic acids is 1. The fourth-order valence-electron chi connectivity index (χ4n) is 3.83. The van der Waals surface area contributed by atoms with Crippen molar-refractivity contribution in [2.24, 2.45) is 0 Å². The largest absolute Gasteiger partial charge is 0.490 e. The van der Waals surface area contributed by atoms with Crippen LogP contribution in [0, 0.1) is 0 Å². The third kappa shape index (κ3) is 5.74. The van der Waals surface area contributed by atoms with Crippen LogP contribution in [0.1, 0.15) is 48.3 Å². The Morgan fingerprint density at radius 3 is 2.53 bits per heavy atom. The van der Waals surface area contributed by atoms with Gasteiger partial charge in [0, 0.05) is 30.5 Å². The molecule has 0 radical (unpaired) electrons. The highest BCUT2D eigenvalue weighted by Gasteiger charge is 2.43. The van der Waals surface area contributed by atoms with Crippen LogP contribution < -0.4 is 10.1 Å². The molecule has 1 unspecified atom stereocenters. The normalized spacial score (nSPS) is 19.8. The van der Waals surface area contributed by atoms with Gasteiger partial charge in [-0.15, -0.1) is 5.10 Å². The molecule has 2 aliphatic heterocycles. The van der Waals surface area contributed by atoms with Crippen molar-refractivity contribution in [3.05, 3.63) is 40.9 Å². The van der Waals surface area contributed by atoms with Crippen molar-refractivity contribution in [3.8, 4) is 5.75 Å². The van der Waals surface area contributed by atoms with E-state index in [1.807, 2.05) is 24.3 Å². The number of aromatic nitrogens is 2. The lowest BCUT2D eigenvalue weighted by atomic mass is 9.80. The van der Waals surface area contributed by atoms with Crippen LogP contribution in [0.3, 0.4) is 0 Å². The fraction of sp³-hybridized carbons (Fsp3) is 0.500. The zero-order valence-electron chi connectivity index (χ0n) is 17.3. The average Bonchev–Trinajstić information content (AvgIpc) is 3.29. The predicted molar refractivity (Wildman–Crippen MR) is 110 cm³/mol. The highest BCUT2D eigenvalue weighted by atomic mass is 32.1. The van der Waals surface area contributed by atoms with E-state index in [1.165, 1.54) is 11.5 Å². The topological polar surface area (TPSA) is 105 Å². The molecule has 1 spiro atoms. The van der Waals surface area contributed by atoms with E-state index >= 15 is 0 Å². The molecule has 0 bridgehead atoms. The van der Waals surface area contributed by atoms with Crippen LogP contribution in [0.4, 0.5) is 13.2 Å². The van der Waals surface area contributed by atoms with Crippen LogP contribution in [0.2, 0.25) is 0 Å². The number of hydrogen-bond acceptors (Lipinski definition) is 7. The van der Waals surface area contributed by atoms with Gasteiger partial charge in [0.1, 0.15) is 11.4 Å². The molecular weight excluding hydrogens is 449 g/mol. The molecule has 1 atom stereocenters. The zero-order valence-corrected chi connectivity index (χ0v) is 18.1. The number of para-hydroxylation sites is 1. The minimum absolute atomic E-state index is 0.0627. The minimum Gasteiger partial charge on any atom is -0.487 e. The van der Waals surface area contributed by atoms with Crippen molar-refractivity contribution in [2.45, 2.75) is 44.0 Å². The Labute approximate surface area is 186 Å². The van der Waals surface area contributed by atoms with Gasteiger partial charge in [-0.05, 0) is 37.0 Å². The molecule has 1 aromatic heterocycles. The van der Waals surface area contributed by atoms with E-state index in [9.17, 15) is 18.0 Å². The molecule has 4 rings (SSSR count). The number of likely N-dealkylation sites (tertiary alicyclic amines) is 1. The molecule has 8 nitrogen and oxygen atoms in total. The maximum absolute atomic E-state index is 12.5. The molecule has 0 aliphatic carbocycles. The number of halogens is 3. The number of nitrogens with one attached hydrogen (secondary N) is 1. The first-order chi connectivity index (χ1) is 15.1. The number of fused-ring (bicyclic) bond motifs is 1. The third-order valence-electron chi connectivity index (χ3n) is 5.55. The van der Waals surface area contributed by atoms with Crippen molar-refractivity contribution < 1.29 is 32.6 Å². The van der Waals surface area contributed by atoms with E-state index in [0.717, 1.165) is 50.2 Å². The van der Waals surface area contributed by atoms with Gasteiger partial charge >= 0.3 is 12.1 Å². The highest BCUT2D eigenvalue weighted by Crippen LogP contribution is 2.44. The van der Waals surface area contributed by atoms with Gasteiger partial charge in [-0.3, -0.25) is 4.79 Å². The third-order valence-corrected chi connectivity index (χ3v) is 6.06. The standard InChI is InChI=1S/C18H22N4O2S.C2HF3O2/c1-2-22-9-7-18(8-10-22)11-14(13-5-3-4-6-16(13)24-18)19-17(23)15-12-25-21-20-15;3-2(4,5)1(6)7/h3-6,12,14H,2,7-11H2,1H3,(H,19,23);(H,6,7). The van der Waals surface area contributed by atoms with Crippen LogP contribution in [-0.2, 0) is 4.79 Å². The Morgan fingerprint density at radius 1 is 1.31 bits per heavy atom. The first kappa shape index (κ1) is 23.9. The van der Waals surface area contributed by atoms with Gasteiger partial charge in [0.05, 0.1) is 6.04 Å². The quantitative estimate of drug-likeness (QED) is 0.706. The van der Waals surface area contributed by atoms with Gasteiger partial charge in [0.15, 0.2) is 5.69 Å². The number of carboxylic acids is 1. The lowest BCUT2D eigenvalue weighted by Crippen LogP contribution is -2.52. The summed E-state index contributed by atoms with van der Waals surface area (Å²) in [4.78, 5) is 23.8. The molecule has 32 heavy (non-hydrogen) atoms. The Bertz CT molecular complexity index is 931. The van der Waals surface area contributed by atoms with Crippen LogP contribution in [0.5, 0.6) is 5.75 Å². The molecule has 174 valence electrons. The van der Waals surface area contributed by atoms with Crippen molar-refractivity contribution >= 4 is 23.4 Å². The second-order valence-corrected chi connectivity index (χ2v) is 8.19. The summed E-state index contributed by atoms with van der Waals surface area (Å²) in [5.74, 6) is -2.04. The molecule has 2 aromatic rings. The summed E-state index contributed by atoms with van der Waals surface area (Å²) in [5.41, 5.74) is 1.23. The van der Waals surface area contributed by atoms with E-state index < -0.39 is 12.1 Å². The number of carbonyl (C=O) groups excluding carboxylic acids is 1. The number of rotatable bonds is 3. The van der Waals surface area contributed by atoms with Crippen molar-refractivity contribution in [1.29, 1.82) is 0 Å². The first-order valence-electron chi connectivity index (χ1n) is 10.0. The predicted octanol–water partition coefficient (Wildman–Crippen LogP) is 3.28. The van der Waals surface area contributed by atoms with E-state index in [1.54, 1.807) is 5.38 Å². The number of carbonyl (C=O) groups is 2. The smallest absolute Gasteiger partial charge is 0.487 e. The summed E-state index contributed by atoms with van der Waals surface area (Å²) in [7, 11) is 0. The van der Waals surface area contributed by atoms with Crippen LogP contribution in [0.15, 0.2) is 29.6 Å². The Kier molecular flexibility index (Phi) is 7.34. The summed E-state index contributed by atoms with van der Waals surface area (Å²) in [5, 5.41) is 15.8. The van der Waals surface area contributed by atoms with Gasteiger partial charge in [0.2, 0.25) is 0 Å². The molecular formula is C20H23F3N4O4S. The highest BCUT2D eigenvalue weighted by molar-refractivity contribution is 7.03. The number of nitrogens with zero attached hydrogens (tertiary/aromatic N) is 3. The summed E-state index contributed by atoms with van der Waals surface area (Å²) in [6.07, 6.45) is -2.32. The number of benzene rings is 1. The van der Waals surface area contributed by atoms with Crippen LogP contribution in [0.25, 0.3) is 0 Å². The number of carboxylic acid groups (broad SMARTS) is 1. The maximum atomic E-state index is 12.5. The number of hydrogen-bond donors (Lipinski definition) is 2. The van der Waals surface area contributed by atoms with Crippen molar-refractivity contribution in [1.82, 2.24) is 19.8 Å². The van der Waals surface area contributed by atoms with Gasteiger partial charge in [-0.2, -0.15) is 13.2 Å². The number of piperidine rings is 1. The molecule has 1 fully saturated rings. The van der Waals surface area contributed by atoms with Crippen LogP contribution in [-0.4, -0.2) is 62.9 Å². The molecule has 1 aromatic carbocycles. The minimum atomic E-state index is -5.08. The maximum Gasteiger partial charge on any atom is 0.490 e. The van der Waals surface area contributed by atoms with E-state index in [4.69, 9.17) is 14.6 Å². The van der Waals surface area contributed by atoms with Crippen molar-refractivity contribution in [2.75, 3.05) is 19.6 Å². The summed E-state index contributed by atoms with van der Waals surface area (Å²) in [6.45, 7) is 5.34. The summed E-state index contributed by atoms with van der Waals surface area (Å²) in [6, 6.07) is 7.96. The molecule has 2 aliphatic rings. The Morgan fingerprint density at radius 2 is 1.97 bits per heavy atom. The molecule has 1 saturated heterocycles. The van der Waals surface area contributed by atoms with Crippen molar-refractivity contribution in [3.63, 3.8) is 0 Å². The van der Waals surface area contributed by atoms with E-state index in [0.29, 0.717) is 5.69 Å². The van der Waals surface area contributed by atoms with Crippen LogP contribution >= 0.6 is 11.5 Å². The van der Waals surface area contributed by atoms with Gasteiger partial charge < -0.3 is 20.1 Å². The molecule has 12 heteroatoms. The number of ether oxygens (including phenoxy) is 1. The fourth-order valence-corrected chi connectivity index (χ4v) is 4.26. The average molecular weight is 472 g/mol. The number of alkyl halides is 3. The van der Waals surface area contributed by atoms with Gasteiger partial charge in [0.25, 0.3) is 5.91 Å².